The van der Waals surface area contributed by atoms with E-state index in [-0.39, 0.29) is 17.3 Å². The number of hydrogen-bond acceptors (Lipinski definition) is 10. The van der Waals surface area contributed by atoms with Crippen LogP contribution in [0.15, 0.2) is 81.9 Å². The molecule has 10 nitrogen and oxygen atoms in total. The maximum Gasteiger partial charge on any atom is 0.352 e. The van der Waals surface area contributed by atoms with Gasteiger partial charge in [0.05, 0.1) is 0 Å². The number of benzene rings is 2. The number of amides is 1. The average Bonchev–Trinajstić information content (AvgIpc) is 2.96. The SMILES string of the molecule is CS[C@@]1(N)C(=O)N2C(C(=O)O)=C(CSc3nc(=O)c(OC(c4ccccc4)c4ccccc4)nn3C)CS[C@@H]21. The molecule has 202 valence electrons. The van der Waals surface area contributed by atoms with Gasteiger partial charge >= 0.3 is 17.4 Å². The van der Waals surface area contributed by atoms with Crippen LogP contribution in [-0.4, -0.2) is 64.7 Å². The molecular formula is C26H25N5O5S3. The molecular weight excluding hydrogens is 559 g/mol. The van der Waals surface area contributed by atoms with Crippen LogP contribution in [0.4, 0.5) is 0 Å². The molecule has 2 aliphatic heterocycles. The zero-order chi connectivity index (χ0) is 27.7. The summed E-state index contributed by atoms with van der Waals surface area (Å²) in [5, 5.41) is 14.1. The summed E-state index contributed by atoms with van der Waals surface area (Å²) in [5.41, 5.74) is 7.76. The molecule has 39 heavy (non-hydrogen) atoms. The van der Waals surface area contributed by atoms with Crippen molar-refractivity contribution >= 4 is 47.2 Å². The molecule has 0 radical (unpaired) electrons. The van der Waals surface area contributed by atoms with Crippen LogP contribution in [-0.2, 0) is 16.6 Å². The molecule has 13 heteroatoms. The van der Waals surface area contributed by atoms with E-state index in [2.05, 4.69) is 10.1 Å². The lowest BCUT2D eigenvalue weighted by Crippen LogP contribution is -2.76. The predicted octanol–water partition coefficient (Wildman–Crippen LogP) is 2.71. The second kappa shape index (κ2) is 11.1. The molecule has 0 unspecified atom stereocenters. The summed E-state index contributed by atoms with van der Waals surface area (Å²) < 4.78 is 7.54. The molecule has 0 aliphatic carbocycles. The van der Waals surface area contributed by atoms with Crippen LogP contribution in [0, 0.1) is 0 Å². The van der Waals surface area contributed by atoms with Crippen molar-refractivity contribution in [3.8, 4) is 5.88 Å². The average molecular weight is 584 g/mol. The first-order valence-electron chi connectivity index (χ1n) is 11.8. The summed E-state index contributed by atoms with van der Waals surface area (Å²) in [6.45, 7) is 0. The lowest BCUT2D eigenvalue weighted by molar-refractivity contribution is -0.149. The fourth-order valence-electron chi connectivity index (χ4n) is 4.39. The first-order chi connectivity index (χ1) is 18.7. The summed E-state index contributed by atoms with van der Waals surface area (Å²) >= 11 is 3.81. The van der Waals surface area contributed by atoms with E-state index in [0.717, 1.165) is 11.1 Å². The van der Waals surface area contributed by atoms with E-state index >= 15 is 0 Å². The molecule has 3 aromatic rings. The predicted molar refractivity (Wildman–Crippen MR) is 152 cm³/mol. The Labute approximate surface area is 237 Å². The van der Waals surface area contributed by atoms with Gasteiger partial charge < -0.3 is 15.6 Å². The van der Waals surface area contributed by atoms with Gasteiger partial charge in [-0.15, -0.1) is 28.6 Å². The standard InChI is InChI=1S/C26H25N5O5S3/c1-30-25(39-14-17-13-38-24-26(27,37-2)23(35)31(24)18(17)22(33)34)28-20(32)21(29-30)36-19(15-9-5-3-6-10-15)16-11-7-4-8-12-16/h3-12,19,24H,13-14,27H2,1-2H3,(H,33,34)/t24-,26+/m1/s1. The number of rotatable bonds is 9. The van der Waals surface area contributed by atoms with Crippen LogP contribution in [0.1, 0.15) is 17.2 Å². The number of carbonyl (C=O) groups is 2. The van der Waals surface area contributed by atoms with Crippen molar-refractivity contribution in [2.75, 3.05) is 17.8 Å². The van der Waals surface area contributed by atoms with E-state index in [4.69, 9.17) is 10.5 Å². The van der Waals surface area contributed by atoms with Crippen molar-refractivity contribution in [3.05, 3.63) is 93.4 Å². The largest absolute Gasteiger partial charge is 0.477 e. The second-order valence-electron chi connectivity index (χ2n) is 8.83. The quantitative estimate of drug-likeness (QED) is 0.218. The maximum atomic E-state index is 13.0. The van der Waals surface area contributed by atoms with Crippen LogP contribution in [0.2, 0.25) is 0 Å². The number of hydrogen-bond donors (Lipinski definition) is 2. The molecule has 2 aliphatic rings. The minimum atomic E-state index is -1.19. The van der Waals surface area contributed by atoms with Crippen molar-refractivity contribution in [3.63, 3.8) is 0 Å². The number of thioether (sulfide) groups is 3. The lowest BCUT2D eigenvalue weighted by Gasteiger charge is -2.54. The van der Waals surface area contributed by atoms with Gasteiger partial charge in [-0.1, -0.05) is 72.4 Å². The van der Waals surface area contributed by atoms with Gasteiger partial charge in [-0.3, -0.25) is 14.5 Å². The van der Waals surface area contributed by atoms with E-state index in [9.17, 15) is 19.5 Å². The highest BCUT2D eigenvalue weighted by molar-refractivity contribution is 8.05. The van der Waals surface area contributed by atoms with E-state index in [0.29, 0.717) is 16.5 Å². The fraction of sp³-hybridized carbons (Fsp3) is 0.269. The minimum absolute atomic E-state index is 0.0575. The molecule has 0 saturated carbocycles. The van der Waals surface area contributed by atoms with Crippen molar-refractivity contribution in [2.24, 2.45) is 12.8 Å². The Kier molecular flexibility index (Phi) is 7.76. The normalized spacial score (nSPS) is 20.6. The van der Waals surface area contributed by atoms with Crippen LogP contribution in [0.5, 0.6) is 5.88 Å². The molecule has 1 fully saturated rings. The molecule has 1 saturated heterocycles. The lowest BCUT2D eigenvalue weighted by atomic mass is 10.0. The third kappa shape index (κ3) is 5.07. The van der Waals surface area contributed by atoms with E-state index < -0.39 is 33.8 Å². The number of fused-ring (bicyclic) bond motifs is 1. The monoisotopic (exact) mass is 583 g/mol. The van der Waals surface area contributed by atoms with Gasteiger partial charge in [-0.2, -0.15) is 4.98 Å². The van der Waals surface area contributed by atoms with E-state index in [1.165, 1.54) is 44.9 Å². The zero-order valence-corrected chi connectivity index (χ0v) is 23.5. The fourth-order valence-corrected chi connectivity index (χ4v) is 7.81. The van der Waals surface area contributed by atoms with Crippen molar-refractivity contribution in [1.29, 1.82) is 0 Å². The summed E-state index contributed by atoms with van der Waals surface area (Å²) in [6.07, 6.45) is 1.17. The van der Waals surface area contributed by atoms with Crippen LogP contribution >= 0.6 is 35.3 Å². The molecule has 2 atom stereocenters. The molecule has 3 heterocycles. The van der Waals surface area contributed by atoms with E-state index in [1.807, 2.05) is 60.7 Å². The van der Waals surface area contributed by atoms with Crippen molar-refractivity contribution in [1.82, 2.24) is 19.7 Å². The minimum Gasteiger partial charge on any atom is -0.477 e. The molecule has 5 rings (SSSR count). The summed E-state index contributed by atoms with van der Waals surface area (Å²) in [4.78, 5) is 42.0. The van der Waals surface area contributed by atoms with Crippen LogP contribution in [0.3, 0.4) is 0 Å². The van der Waals surface area contributed by atoms with Gasteiger partial charge in [0, 0.05) is 18.6 Å². The van der Waals surface area contributed by atoms with Gasteiger partial charge in [0.1, 0.15) is 11.1 Å². The maximum absolute atomic E-state index is 13.0. The van der Waals surface area contributed by atoms with Crippen molar-refractivity contribution < 1.29 is 19.4 Å². The van der Waals surface area contributed by atoms with Gasteiger partial charge in [0.25, 0.3) is 5.91 Å². The highest BCUT2D eigenvalue weighted by atomic mass is 32.2. The Morgan fingerprint density at radius 3 is 2.36 bits per heavy atom. The third-order valence-electron chi connectivity index (χ3n) is 6.39. The Bertz CT molecular complexity index is 1460. The van der Waals surface area contributed by atoms with Gasteiger partial charge in [-0.25, -0.2) is 9.48 Å². The van der Waals surface area contributed by atoms with Gasteiger partial charge in [-0.05, 0) is 23.0 Å². The smallest absolute Gasteiger partial charge is 0.352 e. The molecule has 0 spiro atoms. The Morgan fingerprint density at radius 2 is 1.79 bits per heavy atom. The number of nitrogens with zero attached hydrogens (tertiary/aromatic N) is 4. The number of aryl methyl sites for hydroxylation is 1. The number of nitrogens with two attached hydrogens (primary N) is 1. The summed E-state index contributed by atoms with van der Waals surface area (Å²) in [7, 11) is 1.64. The number of carbonyl (C=O) groups excluding carboxylic acids is 1. The number of carboxylic acid groups (broad SMARTS) is 1. The second-order valence-corrected chi connectivity index (χ2v) is 11.9. The first-order valence-corrected chi connectivity index (χ1v) is 15.1. The molecule has 0 bridgehead atoms. The van der Waals surface area contributed by atoms with Crippen LogP contribution < -0.4 is 16.0 Å². The Morgan fingerprint density at radius 1 is 1.18 bits per heavy atom. The summed E-state index contributed by atoms with van der Waals surface area (Å²) in [6, 6.07) is 19.0. The Hall–Kier alpha value is -3.26. The van der Waals surface area contributed by atoms with E-state index in [1.54, 1.807) is 13.3 Å². The Balaban J connectivity index is 1.37. The highest BCUT2D eigenvalue weighted by Gasteiger charge is 2.62. The molecule has 1 amide bonds. The zero-order valence-electron chi connectivity index (χ0n) is 21.0. The summed E-state index contributed by atoms with van der Waals surface area (Å²) in [5.74, 6) is -1.17. The highest BCUT2D eigenvalue weighted by Crippen LogP contribution is 2.49. The molecule has 3 N–H and O–H groups in total. The molecule has 2 aromatic carbocycles. The van der Waals surface area contributed by atoms with Gasteiger partial charge in [0.2, 0.25) is 0 Å². The van der Waals surface area contributed by atoms with Crippen molar-refractivity contribution in [2.45, 2.75) is 21.5 Å². The number of ether oxygens (including phenoxy) is 1. The number of aromatic nitrogens is 3. The first kappa shape index (κ1) is 27.3. The number of carboxylic acids is 1. The van der Waals surface area contributed by atoms with Crippen LogP contribution in [0.25, 0.3) is 0 Å². The topological polar surface area (TPSA) is 141 Å². The van der Waals surface area contributed by atoms with Gasteiger partial charge in [0.15, 0.2) is 16.1 Å². The number of β-lactam (4-membered cyclic amide) rings is 1. The third-order valence-corrected chi connectivity index (χ3v) is 10.1. The number of aliphatic carboxylic acids is 1. The molecule has 1 aromatic heterocycles.